The summed E-state index contributed by atoms with van der Waals surface area (Å²) in [6.07, 6.45) is 0.0485. The molecule has 3 rings (SSSR count). The van der Waals surface area contributed by atoms with Crippen LogP contribution in [0.1, 0.15) is 46.0 Å². The van der Waals surface area contributed by atoms with Crippen molar-refractivity contribution in [3.63, 3.8) is 0 Å². The topological polar surface area (TPSA) is 66.8 Å². The summed E-state index contributed by atoms with van der Waals surface area (Å²) in [6.45, 7) is 7.34. The fourth-order valence-electron chi connectivity index (χ4n) is 3.41. The first-order valence-electron chi connectivity index (χ1n) is 10.1. The van der Waals surface area contributed by atoms with Gasteiger partial charge in [0.2, 0.25) is 5.78 Å². The molecule has 0 saturated heterocycles. The fourth-order valence-corrected chi connectivity index (χ4v) is 3.41. The molecule has 0 unspecified atom stereocenters. The number of nitrogens with zero attached hydrogens (tertiary/aromatic N) is 1. The van der Waals surface area contributed by atoms with Crippen molar-refractivity contribution in [2.24, 2.45) is 0 Å². The number of aromatic nitrogens is 1. The maximum Gasteiger partial charge on any atom is 0.338 e. The third-order valence-electron chi connectivity index (χ3n) is 4.86. The van der Waals surface area contributed by atoms with E-state index in [0.29, 0.717) is 16.9 Å². The van der Waals surface area contributed by atoms with Gasteiger partial charge in [0.15, 0.2) is 6.61 Å². The fraction of sp³-hybridized carbons (Fsp3) is 0.280. The van der Waals surface area contributed by atoms with Gasteiger partial charge in [0, 0.05) is 22.6 Å². The second-order valence-corrected chi connectivity index (χ2v) is 7.51. The first-order chi connectivity index (χ1) is 14.8. The predicted molar refractivity (Wildman–Crippen MR) is 119 cm³/mol. The molecular weight excluding hydrogens is 394 g/mol. The van der Waals surface area contributed by atoms with E-state index in [0.717, 1.165) is 22.8 Å². The Bertz CT molecular complexity index is 1060. The SMILES string of the molecule is COc1ccc(-n2c(C)cc(C(=O)COC(=O)c3ccc(OC(C)C)cc3)c2C)cc1. The lowest BCUT2D eigenvalue weighted by Crippen LogP contribution is -2.15. The zero-order valence-electron chi connectivity index (χ0n) is 18.5. The van der Waals surface area contributed by atoms with Gasteiger partial charge in [-0.2, -0.15) is 0 Å². The molecule has 0 saturated carbocycles. The van der Waals surface area contributed by atoms with E-state index >= 15 is 0 Å². The van der Waals surface area contributed by atoms with Gasteiger partial charge in [0.05, 0.1) is 18.8 Å². The van der Waals surface area contributed by atoms with Crippen molar-refractivity contribution in [1.29, 1.82) is 0 Å². The first-order valence-corrected chi connectivity index (χ1v) is 10.1. The zero-order chi connectivity index (χ0) is 22.5. The number of benzene rings is 2. The van der Waals surface area contributed by atoms with Crippen LogP contribution in [0.2, 0.25) is 0 Å². The molecule has 0 bridgehead atoms. The summed E-state index contributed by atoms with van der Waals surface area (Å²) in [4.78, 5) is 25.1. The number of esters is 1. The number of aryl methyl sites for hydroxylation is 1. The first kappa shape index (κ1) is 22.2. The minimum Gasteiger partial charge on any atom is -0.497 e. The van der Waals surface area contributed by atoms with Gasteiger partial charge in [-0.05, 0) is 82.3 Å². The zero-order valence-corrected chi connectivity index (χ0v) is 18.5. The molecule has 1 aromatic heterocycles. The second kappa shape index (κ2) is 9.51. The number of ketones is 1. The standard InChI is InChI=1S/C25H27NO5/c1-16(2)31-22-10-6-19(7-11-22)25(28)30-15-24(27)23-14-17(3)26(18(23)4)20-8-12-21(29-5)13-9-20/h6-14,16H,15H2,1-5H3. The lowest BCUT2D eigenvalue weighted by Gasteiger charge is -2.11. The normalized spacial score (nSPS) is 10.8. The summed E-state index contributed by atoms with van der Waals surface area (Å²) in [5.41, 5.74) is 3.53. The molecule has 0 aliphatic rings. The smallest absolute Gasteiger partial charge is 0.338 e. The van der Waals surface area contributed by atoms with Crippen LogP contribution in [-0.4, -0.2) is 36.1 Å². The number of hydrogen-bond acceptors (Lipinski definition) is 5. The van der Waals surface area contributed by atoms with Crippen LogP contribution in [-0.2, 0) is 4.74 Å². The number of ether oxygens (including phenoxy) is 3. The quantitative estimate of drug-likeness (QED) is 0.381. The van der Waals surface area contributed by atoms with Crippen molar-refractivity contribution in [3.8, 4) is 17.2 Å². The maximum absolute atomic E-state index is 12.7. The van der Waals surface area contributed by atoms with E-state index < -0.39 is 5.97 Å². The van der Waals surface area contributed by atoms with E-state index in [1.54, 1.807) is 31.4 Å². The van der Waals surface area contributed by atoms with Gasteiger partial charge in [-0.1, -0.05) is 0 Å². The summed E-state index contributed by atoms with van der Waals surface area (Å²) in [7, 11) is 1.62. The van der Waals surface area contributed by atoms with E-state index in [1.807, 2.05) is 62.6 Å². The third-order valence-corrected chi connectivity index (χ3v) is 4.86. The Labute approximate surface area is 182 Å². The molecular formula is C25H27NO5. The Balaban J connectivity index is 1.68. The van der Waals surface area contributed by atoms with Crippen molar-refractivity contribution in [1.82, 2.24) is 4.57 Å². The van der Waals surface area contributed by atoms with Crippen molar-refractivity contribution in [2.75, 3.05) is 13.7 Å². The van der Waals surface area contributed by atoms with Crippen molar-refractivity contribution in [3.05, 3.63) is 77.1 Å². The predicted octanol–water partition coefficient (Wildman–Crippen LogP) is 4.93. The molecule has 0 amide bonds. The van der Waals surface area contributed by atoms with Crippen molar-refractivity contribution < 1.29 is 23.8 Å². The number of Topliss-reactive ketones (excluding diaryl/α,β-unsaturated/α-hetero) is 1. The van der Waals surface area contributed by atoms with Gasteiger partial charge in [-0.3, -0.25) is 4.79 Å². The Kier molecular flexibility index (Phi) is 6.80. The van der Waals surface area contributed by atoms with Gasteiger partial charge in [-0.15, -0.1) is 0 Å². The summed E-state index contributed by atoms with van der Waals surface area (Å²) in [6, 6.07) is 16.1. The number of carbonyl (C=O) groups is 2. The lowest BCUT2D eigenvalue weighted by molar-refractivity contribution is 0.0474. The molecule has 0 fully saturated rings. The Hall–Kier alpha value is -3.54. The molecule has 0 N–H and O–H groups in total. The van der Waals surface area contributed by atoms with Crippen LogP contribution in [0.25, 0.3) is 5.69 Å². The van der Waals surface area contributed by atoms with Crippen molar-refractivity contribution >= 4 is 11.8 Å². The molecule has 0 spiro atoms. The summed E-state index contributed by atoms with van der Waals surface area (Å²) < 4.78 is 18.0. The maximum atomic E-state index is 12.7. The average Bonchev–Trinajstić information content (AvgIpc) is 3.06. The van der Waals surface area contributed by atoms with Gasteiger partial charge in [-0.25, -0.2) is 4.79 Å². The number of carbonyl (C=O) groups excluding carboxylic acids is 2. The highest BCUT2D eigenvalue weighted by molar-refractivity contribution is 6.00. The molecule has 0 aliphatic heterocycles. The summed E-state index contributed by atoms with van der Waals surface area (Å²) in [5.74, 6) is 0.640. The van der Waals surface area contributed by atoms with E-state index in [2.05, 4.69) is 0 Å². The van der Waals surface area contributed by atoms with Gasteiger partial charge in [0.25, 0.3) is 0 Å². The molecule has 0 aliphatic carbocycles. The Morgan fingerprint density at radius 2 is 1.55 bits per heavy atom. The molecule has 6 heteroatoms. The van der Waals surface area contributed by atoms with E-state index in [4.69, 9.17) is 14.2 Å². The Morgan fingerprint density at radius 3 is 2.13 bits per heavy atom. The second-order valence-electron chi connectivity index (χ2n) is 7.51. The molecule has 2 aromatic carbocycles. The van der Waals surface area contributed by atoms with Crippen LogP contribution >= 0.6 is 0 Å². The van der Waals surface area contributed by atoms with Crippen LogP contribution in [0.3, 0.4) is 0 Å². The van der Waals surface area contributed by atoms with E-state index in [-0.39, 0.29) is 18.5 Å². The van der Waals surface area contributed by atoms with Crippen LogP contribution in [0.5, 0.6) is 11.5 Å². The molecule has 0 radical (unpaired) electrons. The molecule has 31 heavy (non-hydrogen) atoms. The molecule has 1 heterocycles. The van der Waals surface area contributed by atoms with Crippen LogP contribution < -0.4 is 9.47 Å². The average molecular weight is 421 g/mol. The lowest BCUT2D eigenvalue weighted by atomic mass is 10.1. The van der Waals surface area contributed by atoms with Crippen LogP contribution in [0.4, 0.5) is 0 Å². The van der Waals surface area contributed by atoms with Crippen LogP contribution in [0.15, 0.2) is 54.6 Å². The van der Waals surface area contributed by atoms with Gasteiger partial charge >= 0.3 is 5.97 Å². The summed E-state index contributed by atoms with van der Waals surface area (Å²) in [5, 5.41) is 0. The number of rotatable bonds is 8. The molecule has 6 nitrogen and oxygen atoms in total. The minimum atomic E-state index is -0.548. The van der Waals surface area contributed by atoms with Gasteiger partial charge < -0.3 is 18.8 Å². The number of methoxy groups -OCH3 is 1. The van der Waals surface area contributed by atoms with E-state index in [1.165, 1.54) is 0 Å². The minimum absolute atomic E-state index is 0.0485. The highest BCUT2D eigenvalue weighted by atomic mass is 16.5. The summed E-state index contributed by atoms with van der Waals surface area (Å²) >= 11 is 0. The van der Waals surface area contributed by atoms with Gasteiger partial charge in [0.1, 0.15) is 11.5 Å². The molecule has 162 valence electrons. The van der Waals surface area contributed by atoms with Crippen molar-refractivity contribution in [2.45, 2.75) is 33.8 Å². The monoisotopic (exact) mass is 421 g/mol. The molecule has 0 atom stereocenters. The Morgan fingerprint density at radius 1 is 0.935 bits per heavy atom. The third kappa shape index (κ3) is 5.15. The highest BCUT2D eigenvalue weighted by Gasteiger charge is 2.19. The largest absolute Gasteiger partial charge is 0.497 e. The van der Waals surface area contributed by atoms with Crippen LogP contribution in [0, 0.1) is 13.8 Å². The molecule has 3 aromatic rings. The van der Waals surface area contributed by atoms with E-state index in [9.17, 15) is 9.59 Å². The number of hydrogen-bond donors (Lipinski definition) is 0. The highest BCUT2D eigenvalue weighted by Crippen LogP contribution is 2.23.